The van der Waals surface area contributed by atoms with Crippen LogP contribution in [-0.2, 0) is 33.5 Å². The second-order valence-electron chi connectivity index (χ2n) is 16.1. The van der Waals surface area contributed by atoms with E-state index in [0.717, 1.165) is 71.1 Å². The third-order valence-corrected chi connectivity index (χ3v) is 11.8. The molecule has 0 amide bonds. The summed E-state index contributed by atoms with van der Waals surface area (Å²) < 4.78 is 0. The lowest BCUT2D eigenvalue weighted by Gasteiger charge is -2.39. The van der Waals surface area contributed by atoms with Crippen LogP contribution in [0.3, 0.4) is 0 Å². The summed E-state index contributed by atoms with van der Waals surface area (Å²) in [5, 5.41) is 3.73. The highest BCUT2D eigenvalue weighted by Crippen LogP contribution is 2.52. The first-order valence-electron chi connectivity index (χ1n) is 19.9. The number of nitrogens with one attached hydrogen (secondary N) is 1. The number of rotatable bonds is 11. The predicted octanol–water partition coefficient (Wildman–Crippen LogP) is 6.82. The van der Waals surface area contributed by atoms with Gasteiger partial charge in [-0.3, -0.25) is 19.4 Å². The minimum atomic E-state index is 0.138. The zero-order valence-electron chi connectivity index (χ0n) is 33.0. The topological polar surface area (TPSA) is 107 Å². The average Bonchev–Trinajstić information content (AvgIpc) is 4.13. The van der Waals surface area contributed by atoms with E-state index >= 15 is 0 Å². The zero-order chi connectivity index (χ0) is 38.8. The maximum absolute atomic E-state index is 11.5. The van der Waals surface area contributed by atoms with Crippen LogP contribution in [0.1, 0.15) is 88.5 Å². The Labute approximate surface area is 332 Å². The molecule has 4 aliphatic rings. The van der Waals surface area contributed by atoms with Crippen molar-refractivity contribution in [3.8, 4) is 0 Å². The summed E-state index contributed by atoms with van der Waals surface area (Å²) in [4.78, 5) is 46.3. The molecule has 10 nitrogen and oxygen atoms in total. The average molecular weight is 765 g/mol. The summed E-state index contributed by atoms with van der Waals surface area (Å²) in [5.74, 6) is 1.44. The van der Waals surface area contributed by atoms with Gasteiger partial charge in [0.15, 0.2) is 0 Å². The Hall–Kier alpha value is -4.09. The number of Topliss-reactive ketones (excluding diaryl/α,β-unsaturated/α-hetero) is 2. The van der Waals surface area contributed by atoms with Gasteiger partial charge >= 0.3 is 0 Å². The highest BCUT2D eigenvalue weighted by atomic mass is 35.5. The van der Waals surface area contributed by atoms with Crippen LogP contribution < -0.4 is 10.2 Å². The lowest BCUT2D eigenvalue weighted by Crippen LogP contribution is -2.51. The molecule has 0 bridgehead atoms. The Bertz CT molecular complexity index is 1820. The smallest absolute Gasteiger partial charge is 0.225 e. The fourth-order valence-electron chi connectivity index (χ4n) is 8.05. The first-order chi connectivity index (χ1) is 26.5. The van der Waals surface area contributed by atoms with Crippen molar-refractivity contribution in [2.24, 2.45) is 0 Å². The van der Waals surface area contributed by atoms with Crippen molar-refractivity contribution in [1.82, 2.24) is 35.1 Å². The summed E-state index contributed by atoms with van der Waals surface area (Å²) in [6.07, 6.45) is 12.8. The lowest BCUT2D eigenvalue weighted by atomic mass is 9.90. The van der Waals surface area contributed by atoms with Gasteiger partial charge in [-0.15, -0.1) is 0 Å². The summed E-state index contributed by atoms with van der Waals surface area (Å²) in [6.45, 7) is 16.2. The minimum Gasteiger partial charge on any atom is -0.338 e. The van der Waals surface area contributed by atoms with E-state index in [1.54, 1.807) is 44.7 Å². The van der Waals surface area contributed by atoms with Crippen molar-refractivity contribution < 1.29 is 9.59 Å². The number of halogens is 1. The van der Waals surface area contributed by atoms with Crippen LogP contribution in [0.15, 0.2) is 85.5 Å². The number of benzene rings is 2. The number of carbonyl (C=O) groups excluding carboxylic acids is 2. The molecule has 2 aliphatic heterocycles. The molecule has 4 fully saturated rings. The molecule has 2 atom stereocenters. The molecule has 11 heteroatoms. The molecule has 2 aliphatic carbocycles. The van der Waals surface area contributed by atoms with Crippen molar-refractivity contribution in [3.05, 3.63) is 113 Å². The Kier molecular flexibility index (Phi) is 13.8. The number of carbonyl (C=O) groups is 2. The van der Waals surface area contributed by atoms with Gasteiger partial charge in [0.1, 0.15) is 11.6 Å². The van der Waals surface area contributed by atoms with Crippen molar-refractivity contribution in [3.63, 3.8) is 0 Å². The molecule has 292 valence electrons. The van der Waals surface area contributed by atoms with E-state index in [1.807, 2.05) is 6.07 Å². The van der Waals surface area contributed by atoms with Crippen LogP contribution in [0.25, 0.3) is 0 Å². The molecule has 8 rings (SSSR count). The molecule has 0 radical (unpaired) electrons. The van der Waals surface area contributed by atoms with Crippen molar-refractivity contribution >= 4 is 29.1 Å². The van der Waals surface area contributed by atoms with Gasteiger partial charge in [-0.2, -0.15) is 0 Å². The number of ketones is 2. The van der Waals surface area contributed by atoms with Gasteiger partial charge < -0.3 is 10.2 Å². The molecular formula is C44H57ClN8O2. The number of hydrogen-bond acceptors (Lipinski definition) is 10. The quantitative estimate of drug-likeness (QED) is 0.164. The summed E-state index contributed by atoms with van der Waals surface area (Å²) in [6, 6.07) is 22.6. The van der Waals surface area contributed by atoms with E-state index in [0.29, 0.717) is 41.8 Å². The molecule has 0 unspecified atom stereocenters. The Morgan fingerprint density at radius 2 is 1.16 bits per heavy atom. The summed E-state index contributed by atoms with van der Waals surface area (Å²) >= 11 is 5.32. The van der Waals surface area contributed by atoms with Gasteiger partial charge in [0.2, 0.25) is 11.2 Å². The largest absolute Gasteiger partial charge is 0.338 e. The molecule has 1 N–H and O–H groups in total. The molecule has 2 aromatic heterocycles. The molecule has 2 saturated heterocycles. The number of nitrogens with zero attached hydrogens (tertiary/aromatic N) is 7. The second-order valence-corrected chi connectivity index (χ2v) is 16.4. The third kappa shape index (κ3) is 11.5. The third-order valence-electron chi connectivity index (χ3n) is 11.6. The Morgan fingerprint density at radius 3 is 1.56 bits per heavy atom. The van der Waals surface area contributed by atoms with Gasteiger partial charge in [-0.05, 0) is 99.4 Å². The number of anilines is 1. The van der Waals surface area contributed by atoms with Gasteiger partial charge in [0.05, 0.1) is 0 Å². The number of piperazine rings is 2. The van der Waals surface area contributed by atoms with Crippen molar-refractivity contribution in [2.45, 2.75) is 102 Å². The SMILES string of the molecule is CC(=O)CC1(c2ccc(CN3CCN(c4ncccn4)C[C@H]3C)cc2)CC1.CC(=O)CC1(c2ccc(CN3CCNC[C@H]3C)cc2)CC1.Clc1ncccn1. The fourth-order valence-corrected chi connectivity index (χ4v) is 8.16. The highest BCUT2D eigenvalue weighted by molar-refractivity contribution is 6.28. The van der Waals surface area contributed by atoms with Gasteiger partial charge in [0, 0.05) is 113 Å². The summed E-state index contributed by atoms with van der Waals surface area (Å²) in [7, 11) is 0. The number of hydrogen-bond donors (Lipinski definition) is 1. The molecule has 0 spiro atoms. The molecule has 2 aromatic carbocycles. The molecule has 4 aromatic rings. The van der Waals surface area contributed by atoms with Gasteiger partial charge in [0.25, 0.3) is 0 Å². The van der Waals surface area contributed by atoms with Crippen molar-refractivity contribution in [2.75, 3.05) is 44.2 Å². The van der Waals surface area contributed by atoms with Crippen LogP contribution in [0.2, 0.25) is 5.28 Å². The zero-order valence-corrected chi connectivity index (χ0v) is 33.7. The second kappa shape index (κ2) is 18.7. The van der Waals surface area contributed by atoms with Gasteiger partial charge in [-0.1, -0.05) is 48.5 Å². The fraction of sp³-hybridized carbons (Fsp3) is 0.500. The Balaban J connectivity index is 0.000000162. The van der Waals surface area contributed by atoms with E-state index in [1.165, 1.54) is 35.1 Å². The normalized spacial score (nSPS) is 21.3. The van der Waals surface area contributed by atoms with Crippen LogP contribution in [0, 0.1) is 0 Å². The summed E-state index contributed by atoms with van der Waals surface area (Å²) in [5.41, 5.74) is 5.72. The standard InChI is InChI=1S/C22H28N4O.C18H26N2O.C4H3ClN2/c1-17-15-26(21-23-10-3-11-24-21)13-12-25(17)16-19-4-6-20(7-5-19)22(8-9-22)14-18(2)27;1-14-12-19-9-10-20(14)13-16-3-5-17(6-4-16)18(7-8-18)11-15(2)21;5-4-6-2-1-3-7-4/h3-7,10-11,17H,8-9,12-16H2,1-2H3;3-6,14,19H,7-13H2,1-2H3;1-3H/t17-;14-;/m11./s1. The van der Waals surface area contributed by atoms with Gasteiger partial charge in [-0.25, -0.2) is 19.9 Å². The monoisotopic (exact) mass is 764 g/mol. The minimum absolute atomic E-state index is 0.138. The molecule has 4 heterocycles. The first-order valence-corrected chi connectivity index (χ1v) is 20.2. The Morgan fingerprint density at radius 1 is 0.691 bits per heavy atom. The number of aromatic nitrogens is 4. The van der Waals surface area contributed by atoms with E-state index < -0.39 is 0 Å². The maximum atomic E-state index is 11.5. The lowest BCUT2D eigenvalue weighted by molar-refractivity contribution is -0.118. The molecule has 55 heavy (non-hydrogen) atoms. The van der Waals surface area contributed by atoms with E-state index in [2.05, 4.69) is 102 Å². The first kappa shape index (κ1) is 40.6. The predicted molar refractivity (Wildman–Crippen MR) is 219 cm³/mol. The van der Waals surface area contributed by atoms with Crippen LogP contribution in [0.5, 0.6) is 0 Å². The van der Waals surface area contributed by atoms with Crippen LogP contribution in [-0.4, -0.2) is 92.7 Å². The highest BCUT2D eigenvalue weighted by Gasteiger charge is 2.45. The van der Waals surface area contributed by atoms with E-state index in [4.69, 9.17) is 11.6 Å². The van der Waals surface area contributed by atoms with Crippen LogP contribution >= 0.6 is 11.6 Å². The molecular weight excluding hydrogens is 708 g/mol. The van der Waals surface area contributed by atoms with Crippen molar-refractivity contribution in [1.29, 1.82) is 0 Å². The van der Waals surface area contributed by atoms with Crippen LogP contribution in [0.4, 0.5) is 5.95 Å². The maximum Gasteiger partial charge on any atom is 0.225 e. The van der Waals surface area contributed by atoms with E-state index in [-0.39, 0.29) is 10.8 Å². The molecule has 2 saturated carbocycles. The van der Waals surface area contributed by atoms with E-state index in [9.17, 15) is 9.59 Å².